The molecule has 21 heavy (non-hydrogen) atoms. The van der Waals surface area contributed by atoms with E-state index in [0.717, 1.165) is 38.8 Å². The highest BCUT2D eigenvalue weighted by molar-refractivity contribution is 5.86. The molecule has 1 heterocycles. The first-order valence-corrected chi connectivity index (χ1v) is 7.73. The van der Waals surface area contributed by atoms with Crippen LogP contribution in [0.3, 0.4) is 0 Å². The Hall–Kier alpha value is -1.30. The molecule has 6 nitrogen and oxygen atoms in total. The van der Waals surface area contributed by atoms with Crippen LogP contribution in [-0.2, 0) is 4.79 Å². The van der Waals surface area contributed by atoms with E-state index in [-0.39, 0.29) is 17.4 Å². The minimum Gasteiger partial charge on any atom is -0.480 e. The maximum Gasteiger partial charge on any atom is 0.329 e. The lowest BCUT2D eigenvalue weighted by atomic mass is 9.80. The summed E-state index contributed by atoms with van der Waals surface area (Å²) < 4.78 is 0. The zero-order chi connectivity index (χ0) is 15.7. The molecular formula is C15H27N3O3. The molecule has 0 aromatic heterocycles. The van der Waals surface area contributed by atoms with Gasteiger partial charge in [-0.2, -0.15) is 0 Å². The zero-order valence-electron chi connectivity index (χ0n) is 13.2. The van der Waals surface area contributed by atoms with Crippen LogP contribution in [0.4, 0.5) is 4.79 Å². The summed E-state index contributed by atoms with van der Waals surface area (Å²) in [4.78, 5) is 25.7. The fraction of sp³-hybridized carbons (Fsp3) is 0.867. The molecule has 2 aliphatic rings. The van der Waals surface area contributed by atoms with Gasteiger partial charge in [0.2, 0.25) is 0 Å². The molecule has 1 saturated heterocycles. The molecule has 1 unspecified atom stereocenters. The number of nitrogens with zero attached hydrogens (tertiary/aromatic N) is 1. The fourth-order valence-corrected chi connectivity index (χ4v) is 2.90. The van der Waals surface area contributed by atoms with Crippen LogP contribution in [0.15, 0.2) is 0 Å². The van der Waals surface area contributed by atoms with Crippen LogP contribution in [0.2, 0.25) is 0 Å². The third-order valence-electron chi connectivity index (χ3n) is 5.08. The van der Waals surface area contributed by atoms with Crippen molar-refractivity contribution in [2.75, 3.05) is 26.7 Å². The summed E-state index contributed by atoms with van der Waals surface area (Å²) in [6.07, 6.45) is 3.82. The topological polar surface area (TPSA) is 81.7 Å². The number of urea groups is 1. The quantitative estimate of drug-likeness (QED) is 0.714. The summed E-state index contributed by atoms with van der Waals surface area (Å²) in [6.45, 7) is 6.44. The summed E-state index contributed by atoms with van der Waals surface area (Å²) in [6, 6.07) is -0.369. The number of hydrogen-bond donors (Lipinski definition) is 3. The van der Waals surface area contributed by atoms with Gasteiger partial charge < -0.3 is 20.6 Å². The molecule has 1 aliphatic carbocycles. The lowest BCUT2D eigenvalue weighted by Gasteiger charge is -2.38. The number of carbonyl (C=O) groups is 2. The van der Waals surface area contributed by atoms with Crippen molar-refractivity contribution in [1.29, 1.82) is 0 Å². The molecule has 2 amide bonds. The van der Waals surface area contributed by atoms with E-state index in [1.165, 1.54) is 0 Å². The van der Waals surface area contributed by atoms with Crippen molar-refractivity contribution in [3.8, 4) is 0 Å². The molecule has 1 aliphatic heterocycles. The number of carboxylic acid groups (broad SMARTS) is 1. The Labute approximate surface area is 126 Å². The van der Waals surface area contributed by atoms with Crippen molar-refractivity contribution in [2.45, 2.75) is 45.1 Å². The molecule has 0 aromatic rings. The first-order valence-electron chi connectivity index (χ1n) is 7.73. The Morgan fingerprint density at radius 3 is 2.38 bits per heavy atom. The number of carboxylic acids is 1. The number of amides is 2. The van der Waals surface area contributed by atoms with Gasteiger partial charge >= 0.3 is 12.0 Å². The average molecular weight is 297 g/mol. The minimum atomic E-state index is -1.14. The maximum absolute atomic E-state index is 12.0. The van der Waals surface area contributed by atoms with Crippen LogP contribution in [0.25, 0.3) is 0 Å². The Morgan fingerprint density at radius 1 is 1.33 bits per heavy atom. The van der Waals surface area contributed by atoms with E-state index in [0.29, 0.717) is 6.54 Å². The van der Waals surface area contributed by atoms with Gasteiger partial charge in [0, 0.05) is 6.54 Å². The van der Waals surface area contributed by atoms with Crippen molar-refractivity contribution >= 4 is 12.0 Å². The van der Waals surface area contributed by atoms with E-state index in [4.69, 9.17) is 0 Å². The average Bonchev–Trinajstić information content (AvgIpc) is 3.25. The molecule has 3 N–H and O–H groups in total. The molecular weight excluding hydrogens is 270 g/mol. The van der Waals surface area contributed by atoms with Crippen LogP contribution in [0.1, 0.15) is 39.5 Å². The molecule has 0 radical (unpaired) electrons. The van der Waals surface area contributed by atoms with E-state index >= 15 is 0 Å². The number of rotatable bonds is 5. The third kappa shape index (κ3) is 3.87. The van der Waals surface area contributed by atoms with E-state index < -0.39 is 11.5 Å². The lowest BCUT2D eigenvalue weighted by molar-refractivity contribution is -0.144. The van der Waals surface area contributed by atoms with Crippen LogP contribution in [0, 0.1) is 11.3 Å². The van der Waals surface area contributed by atoms with Crippen LogP contribution < -0.4 is 10.6 Å². The largest absolute Gasteiger partial charge is 0.480 e. The molecule has 2 fully saturated rings. The Morgan fingerprint density at radius 2 is 1.90 bits per heavy atom. The van der Waals surface area contributed by atoms with Gasteiger partial charge in [-0.15, -0.1) is 0 Å². The monoisotopic (exact) mass is 297 g/mol. The molecule has 6 heteroatoms. The highest BCUT2D eigenvalue weighted by Gasteiger charge is 2.48. The van der Waals surface area contributed by atoms with Gasteiger partial charge in [-0.3, -0.25) is 0 Å². The van der Waals surface area contributed by atoms with Gasteiger partial charge in [-0.1, -0.05) is 6.92 Å². The molecule has 2 rings (SSSR count). The van der Waals surface area contributed by atoms with Crippen molar-refractivity contribution in [1.82, 2.24) is 15.5 Å². The van der Waals surface area contributed by atoms with Crippen molar-refractivity contribution in [3.05, 3.63) is 0 Å². The Balaban J connectivity index is 1.83. The van der Waals surface area contributed by atoms with Gasteiger partial charge in [0.15, 0.2) is 0 Å². The van der Waals surface area contributed by atoms with Gasteiger partial charge in [0.05, 0.1) is 0 Å². The molecule has 120 valence electrons. The second-order valence-electron chi connectivity index (χ2n) is 7.20. The van der Waals surface area contributed by atoms with Crippen molar-refractivity contribution < 1.29 is 14.7 Å². The molecule has 0 bridgehead atoms. The second-order valence-corrected chi connectivity index (χ2v) is 7.20. The normalized spacial score (nSPS) is 24.9. The van der Waals surface area contributed by atoms with Crippen LogP contribution >= 0.6 is 0 Å². The highest BCUT2D eigenvalue weighted by Crippen LogP contribution is 2.39. The highest BCUT2D eigenvalue weighted by atomic mass is 16.4. The van der Waals surface area contributed by atoms with Gasteiger partial charge in [0.25, 0.3) is 0 Å². The van der Waals surface area contributed by atoms with Crippen molar-refractivity contribution in [2.24, 2.45) is 11.3 Å². The Bertz CT molecular complexity index is 414. The summed E-state index contributed by atoms with van der Waals surface area (Å²) in [5, 5.41) is 14.9. The van der Waals surface area contributed by atoms with E-state index in [1.54, 1.807) is 6.92 Å². The first kappa shape index (κ1) is 16.1. The summed E-state index contributed by atoms with van der Waals surface area (Å²) >= 11 is 0. The predicted octanol–water partition coefficient (Wildman–Crippen LogP) is 1.27. The number of likely N-dealkylation sites (tertiary alicyclic amines) is 1. The third-order valence-corrected chi connectivity index (χ3v) is 5.08. The van der Waals surface area contributed by atoms with Gasteiger partial charge in [0.1, 0.15) is 5.54 Å². The minimum absolute atomic E-state index is 0.0552. The predicted molar refractivity (Wildman–Crippen MR) is 80.1 cm³/mol. The van der Waals surface area contributed by atoms with Crippen molar-refractivity contribution in [3.63, 3.8) is 0 Å². The smallest absolute Gasteiger partial charge is 0.329 e. The van der Waals surface area contributed by atoms with Crippen LogP contribution in [-0.4, -0.2) is 54.2 Å². The summed E-state index contributed by atoms with van der Waals surface area (Å²) in [5.74, 6) is -0.898. The number of nitrogens with one attached hydrogen (secondary N) is 2. The fourth-order valence-electron chi connectivity index (χ4n) is 2.90. The number of carbonyl (C=O) groups excluding carboxylic acids is 1. The van der Waals surface area contributed by atoms with E-state index in [2.05, 4.69) is 29.5 Å². The number of hydrogen-bond acceptors (Lipinski definition) is 3. The van der Waals surface area contributed by atoms with E-state index in [9.17, 15) is 14.7 Å². The van der Waals surface area contributed by atoms with E-state index in [1.807, 2.05) is 0 Å². The maximum atomic E-state index is 12.0. The standard InChI is InChI=1S/C15H27N3O3/c1-14(6-8-18(3)9-7-14)10-16-13(21)17-15(2,12(19)20)11-4-5-11/h11H,4-10H2,1-3H3,(H,19,20)(H2,16,17,21). The number of piperidine rings is 1. The van der Waals surface area contributed by atoms with Gasteiger partial charge in [-0.05, 0) is 64.1 Å². The summed E-state index contributed by atoms with van der Waals surface area (Å²) in [5.41, 5.74) is -1.04. The molecule has 1 saturated carbocycles. The van der Waals surface area contributed by atoms with Crippen LogP contribution in [0.5, 0.6) is 0 Å². The zero-order valence-corrected chi connectivity index (χ0v) is 13.2. The SMILES string of the molecule is CN1CCC(C)(CNC(=O)NC(C)(C(=O)O)C2CC2)CC1. The first-order chi connectivity index (χ1) is 9.75. The molecule has 0 spiro atoms. The Kier molecular flexibility index (Phi) is 4.46. The lowest BCUT2D eigenvalue weighted by Crippen LogP contribution is -2.57. The number of aliphatic carboxylic acids is 1. The summed E-state index contributed by atoms with van der Waals surface area (Å²) in [7, 11) is 2.10. The molecule has 0 aromatic carbocycles. The second kappa shape index (κ2) is 5.83. The van der Waals surface area contributed by atoms with Gasteiger partial charge in [-0.25, -0.2) is 9.59 Å². The molecule has 1 atom stereocenters.